The van der Waals surface area contributed by atoms with Gasteiger partial charge in [0.1, 0.15) is 5.82 Å². The molecule has 5 nitrogen and oxygen atoms in total. The monoisotopic (exact) mass is 195 g/mol. The molecule has 1 saturated heterocycles. The summed E-state index contributed by atoms with van der Waals surface area (Å²) in [5.74, 6) is 0.102. The third-order valence-electron chi connectivity index (χ3n) is 2.59. The lowest BCUT2D eigenvalue weighted by atomic mass is 10.0. The Labute approximate surface area is 82.0 Å². The molecule has 0 unspecified atom stereocenters. The molecule has 1 aromatic heterocycles. The molecule has 1 N–H and O–H groups in total. The lowest BCUT2D eigenvalue weighted by molar-refractivity contribution is -0.147. The number of imidazole rings is 1. The molecule has 0 amide bonds. The smallest absolute Gasteiger partial charge is 0.309 e. The Hall–Kier alpha value is -1.36. The van der Waals surface area contributed by atoms with E-state index in [1.807, 2.05) is 17.8 Å². The molecule has 0 bridgehead atoms. The zero-order chi connectivity index (χ0) is 10.1. The van der Waals surface area contributed by atoms with Crippen molar-refractivity contribution in [1.82, 2.24) is 14.5 Å². The first-order valence-corrected chi connectivity index (χ1v) is 4.58. The number of aryl methyl sites for hydroxylation is 1. The summed E-state index contributed by atoms with van der Waals surface area (Å²) in [4.78, 5) is 16.8. The van der Waals surface area contributed by atoms with E-state index in [-0.39, 0.29) is 5.92 Å². The fourth-order valence-electron chi connectivity index (χ4n) is 1.60. The molecular formula is C9H13N3O2. The second-order valence-corrected chi connectivity index (χ2v) is 3.68. The van der Waals surface area contributed by atoms with Gasteiger partial charge in [-0.25, -0.2) is 4.98 Å². The van der Waals surface area contributed by atoms with Gasteiger partial charge in [-0.2, -0.15) is 0 Å². The lowest BCUT2D eigenvalue weighted by Crippen LogP contribution is -2.49. The van der Waals surface area contributed by atoms with Crippen molar-refractivity contribution in [1.29, 1.82) is 0 Å². The number of rotatable bonds is 3. The molecule has 0 saturated carbocycles. The highest BCUT2D eigenvalue weighted by molar-refractivity contribution is 5.71. The molecule has 0 aromatic carbocycles. The van der Waals surface area contributed by atoms with Gasteiger partial charge in [-0.05, 0) is 0 Å². The molecule has 0 atom stereocenters. The van der Waals surface area contributed by atoms with E-state index >= 15 is 0 Å². The number of carboxylic acid groups (broad SMARTS) is 1. The standard InChI is InChI=1S/C9H13N3O2/c1-11-3-2-10-8(11)6-12-4-7(5-12)9(13)14/h2-3,7H,4-6H2,1H3,(H,13,14). The number of nitrogens with zero attached hydrogens (tertiary/aromatic N) is 3. The molecule has 5 heteroatoms. The lowest BCUT2D eigenvalue weighted by Gasteiger charge is -2.36. The molecule has 1 aliphatic rings. The van der Waals surface area contributed by atoms with Crippen LogP contribution in [0.1, 0.15) is 5.82 Å². The normalized spacial score (nSPS) is 18.1. The quantitative estimate of drug-likeness (QED) is 0.734. The molecule has 1 aromatic rings. The highest BCUT2D eigenvalue weighted by Gasteiger charge is 2.32. The van der Waals surface area contributed by atoms with Gasteiger partial charge in [-0.1, -0.05) is 0 Å². The molecule has 2 heterocycles. The second kappa shape index (κ2) is 3.42. The summed E-state index contributed by atoms with van der Waals surface area (Å²) in [7, 11) is 1.94. The van der Waals surface area contributed by atoms with Gasteiger partial charge >= 0.3 is 5.97 Å². The van der Waals surface area contributed by atoms with Crippen LogP contribution in [0.25, 0.3) is 0 Å². The van der Waals surface area contributed by atoms with E-state index in [4.69, 9.17) is 5.11 Å². The number of carbonyl (C=O) groups is 1. The molecule has 76 valence electrons. The fraction of sp³-hybridized carbons (Fsp3) is 0.556. The topological polar surface area (TPSA) is 58.4 Å². The highest BCUT2D eigenvalue weighted by Crippen LogP contribution is 2.17. The van der Waals surface area contributed by atoms with Crippen LogP contribution >= 0.6 is 0 Å². The van der Waals surface area contributed by atoms with Gasteiger partial charge in [-0.15, -0.1) is 0 Å². The van der Waals surface area contributed by atoms with Gasteiger partial charge in [0.15, 0.2) is 0 Å². The van der Waals surface area contributed by atoms with Crippen molar-refractivity contribution in [2.45, 2.75) is 6.54 Å². The maximum Gasteiger partial charge on any atom is 0.309 e. The summed E-state index contributed by atoms with van der Waals surface area (Å²) in [6.45, 7) is 2.03. The van der Waals surface area contributed by atoms with E-state index in [2.05, 4.69) is 9.88 Å². The van der Waals surface area contributed by atoms with Gasteiger partial charge in [0.25, 0.3) is 0 Å². The summed E-state index contributed by atoms with van der Waals surface area (Å²) < 4.78 is 1.95. The molecule has 0 aliphatic carbocycles. The van der Waals surface area contributed by atoms with Gasteiger partial charge in [0.2, 0.25) is 0 Å². The number of aliphatic carboxylic acids is 1. The van der Waals surface area contributed by atoms with Crippen molar-refractivity contribution in [3.8, 4) is 0 Å². The van der Waals surface area contributed by atoms with E-state index < -0.39 is 5.97 Å². The van der Waals surface area contributed by atoms with Crippen LogP contribution in [-0.2, 0) is 18.4 Å². The SMILES string of the molecule is Cn1ccnc1CN1CC(C(=O)O)C1. The summed E-state index contributed by atoms with van der Waals surface area (Å²) in [6, 6.07) is 0. The van der Waals surface area contributed by atoms with Crippen molar-refractivity contribution in [3.05, 3.63) is 18.2 Å². The van der Waals surface area contributed by atoms with Crippen molar-refractivity contribution >= 4 is 5.97 Å². The molecule has 0 radical (unpaired) electrons. The van der Waals surface area contributed by atoms with Gasteiger partial charge in [0, 0.05) is 32.5 Å². The van der Waals surface area contributed by atoms with Crippen molar-refractivity contribution in [2.24, 2.45) is 13.0 Å². The van der Waals surface area contributed by atoms with Crippen LogP contribution in [0.3, 0.4) is 0 Å². The second-order valence-electron chi connectivity index (χ2n) is 3.68. The van der Waals surface area contributed by atoms with Crippen LogP contribution in [0.5, 0.6) is 0 Å². The predicted octanol–water partition coefficient (Wildman–Crippen LogP) is -0.0635. The van der Waals surface area contributed by atoms with Gasteiger partial charge in [-0.3, -0.25) is 9.69 Å². The first kappa shape index (κ1) is 9.21. The average molecular weight is 195 g/mol. The van der Waals surface area contributed by atoms with Crippen LogP contribution in [0.4, 0.5) is 0 Å². The van der Waals surface area contributed by atoms with Crippen molar-refractivity contribution in [3.63, 3.8) is 0 Å². The van der Waals surface area contributed by atoms with Crippen LogP contribution < -0.4 is 0 Å². The molecule has 1 aliphatic heterocycles. The maximum absolute atomic E-state index is 10.5. The molecule has 14 heavy (non-hydrogen) atoms. The summed E-state index contributed by atoms with van der Waals surface area (Å²) >= 11 is 0. The third kappa shape index (κ3) is 1.63. The highest BCUT2D eigenvalue weighted by atomic mass is 16.4. The number of aromatic nitrogens is 2. The maximum atomic E-state index is 10.5. The van der Waals surface area contributed by atoms with E-state index in [1.165, 1.54) is 0 Å². The Balaban J connectivity index is 1.85. The average Bonchev–Trinajstić information content (AvgIpc) is 2.42. The van der Waals surface area contributed by atoms with Crippen LogP contribution in [0, 0.1) is 5.92 Å². The Morgan fingerprint density at radius 2 is 2.43 bits per heavy atom. The number of hydrogen-bond donors (Lipinski definition) is 1. The predicted molar refractivity (Wildman–Crippen MR) is 49.6 cm³/mol. The summed E-state index contributed by atoms with van der Waals surface area (Å²) in [6.07, 6.45) is 3.65. The van der Waals surface area contributed by atoms with E-state index in [1.54, 1.807) is 6.20 Å². The van der Waals surface area contributed by atoms with E-state index in [9.17, 15) is 4.79 Å². The Morgan fingerprint density at radius 1 is 1.71 bits per heavy atom. The first-order valence-electron chi connectivity index (χ1n) is 4.58. The summed E-state index contributed by atoms with van der Waals surface area (Å²) in [5.41, 5.74) is 0. The zero-order valence-electron chi connectivity index (χ0n) is 8.05. The first-order chi connectivity index (χ1) is 6.66. The Kier molecular flexibility index (Phi) is 2.25. The van der Waals surface area contributed by atoms with Gasteiger partial charge in [0.05, 0.1) is 12.5 Å². The third-order valence-corrected chi connectivity index (χ3v) is 2.59. The summed E-state index contributed by atoms with van der Waals surface area (Å²) in [5, 5.41) is 8.68. The number of hydrogen-bond acceptors (Lipinski definition) is 3. The zero-order valence-corrected chi connectivity index (χ0v) is 8.05. The Bertz CT molecular complexity index is 342. The number of carboxylic acids is 1. The largest absolute Gasteiger partial charge is 0.481 e. The van der Waals surface area contributed by atoms with Crippen LogP contribution in [0.2, 0.25) is 0 Å². The van der Waals surface area contributed by atoms with E-state index in [0.717, 1.165) is 12.4 Å². The fourth-order valence-corrected chi connectivity index (χ4v) is 1.60. The molecule has 0 spiro atoms. The van der Waals surface area contributed by atoms with Crippen LogP contribution in [0.15, 0.2) is 12.4 Å². The van der Waals surface area contributed by atoms with Crippen molar-refractivity contribution in [2.75, 3.05) is 13.1 Å². The van der Waals surface area contributed by atoms with Crippen LogP contribution in [-0.4, -0.2) is 38.6 Å². The van der Waals surface area contributed by atoms with Crippen molar-refractivity contribution < 1.29 is 9.90 Å². The van der Waals surface area contributed by atoms with Gasteiger partial charge < -0.3 is 9.67 Å². The minimum atomic E-state index is -0.693. The minimum Gasteiger partial charge on any atom is -0.481 e. The molecular weight excluding hydrogens is 182 g/mol. The molecule has 1 fully saturated rings. The van der Waals surface area contributed by atoms with E-state index in [0.29, 0.717) is 13.1 Å². The minimum absolute atomic E-state index is 0.185. The number of likely N-dealkylation sites (tertiary alicyclic amines) is 1. The molecule has 2 rings (SSSR count). The Morgan fingerprint density at radius 3 is 2.93 bits per heavy atom.